The first kappa shape index (κ1) is 20.2. The first-order valence-corrected chi connectivity index (χ1v) is 8.52. The van der Waals surface area contributed by atoms with Crippen molar-refractivity contribution in [1.82, 2.24) is 4.90 Å². The number of hydrogen-bond acceptors (Lipinski definition) is 3. The van der Waals surface area contributed by atoms with E-state index < -0.39 is 0 Å². The topological polar surface area (TPSA) is 78.5 Å². The molecule has 0 spiro atoms. The van der Waals surface area contributed by atoms with Gasteiger partial charge in [-0.1, -0.05) is 23.7 Å². The van der Waals surface area contributed by atoms with Crippen LogP contribution in [0.2, 0.25) is 5.02 Å². The third-order valence-electron chi connectivity index (χ3n) is 3.54. The summed E-state index contributed by atoms with van der Waals surface area (Å²) in [4.78, 5) is 36.6. The van der Waals surface area contributed by atoms with Gasteiger partial charge in [-0.3, -0.25) is 14.4 Å². The minimum Gasteiger partial charge on any atom is -0.345 e. The molecule has 2 aromatic rings. The number of nitrogens with zero attached hydrogens (tertiary/aromatic N) is 1. The van der Waals surface area contributed by atoms with Crippen LogP contribution >= 0.6 is 11.6 Å². The van der Waals surface area contributed by atoms with Crippen LogP contribution in [0.4, 0.5) is 11.4 Å². The van der Waals surface area contributed by atoms with Crippen molar-refractivity contribution >= 4 is 46.8 Å². The molecule has 27 heavy (non-hydrogen) atoms. The van der Waals surface area contributed by atoms with Crippen molar-refractivity contribution in [3.63, 3.8) is 0 Å². The van der Waals surface area contributed by atoms with Crippen molar-refractivity contribution in [2.75, 3.05) is 24.7 Å². The fourth-order valence-corrected chi connectivity index (χ4v) is 2.40. The van der Waals surface area contributed by atoms with Gasteiger partial charge in [0.2, 0.25) is 11.8 Å². The number of rotatable bonds is 5. The zero-order valence-electron chi connectivity index (χ0n) is 15.2. The zero-order valence-corrected chi connectivity index (χ0v) is 16.0. The number of hydrogen-bond donors (Lipinski definition) is 2. The number of benzene rings is 2. The van der Waals surface area contributed by atoms with Gasteiger partial charge in [-0.25, -0.2) is 0 Å². The molecule has 0 saturated heterocycles. The van der Waals surface area contributed by atoms with Crippen LogP contribution in [0.3, 0.4) is 0 Å². The molecule has 0 aliphatic heterocycles. The van der Waals surface area contributed by atoms with E-state index in [2.05, 4.69) is 10.6 Å². The maximum Gasteiger partial charge on any atom is 0.253 e. The summed E-state index contributed by atoms with van der Waals surface area (Å²) in [5.41, 5.74) is 2.26. The highest BCUT2D eigenvalue weighted by atomic mass is 35.5. The maximum absolute atomic E-state index is 12.2. The summed E-state index contributed by atoms with van der Waals surface area (Å²) in [6.07, 6.45) is 3.00. The molecule has 0 aliphatic carbocycles. The highest BCUT2D eigenvalue weighted by Gasteiger charge is 2.11. The second kappa shape index (κ2) is 9.00. The Hall–Kier alpha value is -3.12. The first-order valence-electron chi connectivity index (χ1n) is 8.14. The summed E-state index contributed by atoms with van der Waals surface area (Å²) in [6, 6.07) is 11.7. The number of anilines is 2. The van der Waals surface area contributed by atoms with Crippen LogP contribution in [0.15, 0.2) is 48.5 Å². The fourth-order valence-electron chi connectivity index (χ4n) is 2.24. The second-order valence-corrected chi connectivity index (χ2v) is 6.43. The van der Waals surface area contributed by atoms with Crippen molar-refractivity contribution in [1.29, 1.82) is 0 Å². The molecule has 0 radical (unpaired) electrons. The van der Waals surface area contributed by atoms with Crippen LogP contribution < -0.4 is 10.6 Å². The Balaban J connectivity index is 2.06. The largest absolute Gasteiger partial charge is 0.345 e. The lowest BCUT2D eigenvalue weighted by Crippen LogP contribution is -2.21. The number of carbonyl (C=O) groups excluding carboxylic acids is 3. The molecular weight excluding hydrogens is 366 g/mol. The highest BCUT2D eigenvalue weighted by Crippen LogP contribution is 2.23. The van der Waals surface area contributed by atoms with Gasteiger partial charge in [-0.15, -0.1) is 0 Å². The molecule has 2 rings (SSSR count). The summed E-state index contributed by atoms with van der Waals surface area (Å²) in [5, 5.41) is 5.68. The Labute approximate surface area is 162 Å². The van der Waals surface area contributed by atoms with Gasteiger partial charge in [-0.05, 0) is 42.0 Å². The fraction of sp³-hybridized carbons (Fsp3) is 0.150. The lowest BCUT2D eigenvalue weighted by molar-refractivity contribution is -0.114. The van der Waals surface area contributed by atoms with E-state index in [1.807, 2.05) is 0 Å². The summed E-state index contributed by atoms with van der Waals surface area (Å²) < 4.78 is 0. The van der Waals surface area contributed by atoms with E-state index in [-0.39, 0.29) is 17.7 Å². The van der Waals surface area contributed by atoms with Crippen LogP contribution in [-0.4, -0.2) is 36.7 Å². The second-order valence-electron chi connectivity index (χ2n) is 6.02. The molecule has 0 aromatic heterocycles. The predicted octanol–water partition coefficient (Wildman–Crippen LogP) is 3.65. The molecule has 6 nitrogen and oxygen atoms in total. The Morgan fingerprint density at radius 3 is 2.26 bits per heavy atom. The summed E-state index contributed by atoms with van der Waals surface area (Å²) in [6.45, 7) is 1.43. The molecule has 2 aromatic carbocycles. The Bertz CT molecular complexity index is 890. The number of amides is 3. The van der Waals surface area contributed by atoms with Gasteiger partial charge in [0, 0.05) is 38.3 Å². The van der Waals surface area contributed by atoms with Gasteiger partial charge in [-0.2, -0.15) is 0 Å². The monoisotopic (exact) mass is 385 g/mol. The van der Waals surface area contributed by atoms with Crippen LogP contribution in [-0.2, 0) is 9.59 Å². The van der Waals surface area contributed by atoms with E-state index in [0.29, 0.717) is 22.0 Å². The predicted molar refractivity (Wildman–Crippen MR) is 108 cm³/mol. The van der Waals surface area contributed by atoms with Crippen LogP contribution in [0.25, 0.3) is 6.08 Å². The van der Waals surface area contributed by atoms with Gasteiger partial charge in [0.25, 0.3) is 5.91 Å². The summed E-state index contributed by atoms with van der Waals surface area (Å²) in [5.74, 6) is -0.709. The van der Waals surface area contributed by atoms with Crippen LogP contribution in [0, 0.1) is 0 Å². The normalized spacial score (nSPS) is 10.5. The minimum atomic E-state index is -0.378. The molecular formula is C20H20ClN3O3. The van der Waals surface area contributed by atoms with E-state index in [0.717, 1.165) is 5.56 Å². The van der Waals surface area contributed by atoms with Crippen molar-refractivity contribution in [2.24, 2.45) is 0 Å². The van der Waals surface area contributed by atoms with Crippen molar-refractivity contribution < 1.29 is 14.4 Å². The average Bonchev–Trinajstić information content (AvgIpc) is 2.62. The molecule has 0 atom stereocenters. The molecule has 3 amide bonds. The van der Waals surface area contributed by atoms with Crippen molar-refractivity contribution in [3.8, 4) is 0 Å². The number of halogens is 1. The smallest absolute Gasteiger partial charge is 0.253 e. The quantitative estimate of drug-likeness (QED) is 0.771. The third-order valence-corrected chi connectivity index (χ3v) is 3.87. The molecule has 7 heteroatoms. The molecule has 0 fully saturated rings. The average molecular weight is 386 g/mol. The van der Waals surface area contributed by atoms with Gasteiger partial charge < -0.3 is 15.5 Å². The molecule has 0 bridgehead atoms. The highest BCUT2D eigenvalue weighted by molar-refractivity contribution is 6.34. The standard InChI is InChI=1S/C20H20ClN3O3/c1-13(25)22-16-8-4-14(5-9-16)6-11-19(26)23-18-12-15(7-10-17(18)21)20(27)24(2)3/h4-12H,1-3H3,(H,22,25)(H,23,26)/b11-6+. The van der Waals surface area contributed by atoms with E-state index >= 15 is 0 Å². The molecule has 0 saturated carbocycles. The molecule has 2 N–H and O–H groups in total. The van der Waals surface area contributed by atoms with Crippen molar-refractivity contribution in [2.45, 2.75) is 6.92 Å². The lowest BCUT2D eigenvalue weighted by atomic mass is 10.1. The third kappa shape index (κ3) is 5.97. The number of nitrogens with one attached hydrogen (secondary N) is 2. The molecule has 0 unspecified atom stereocenters. The molecule has 140 valence electrons. The maximum atomic E-state index is 12.2. The summed E-state index contributed by atoms with van der Waals surface area (Å²) >= 11 is 6.10. The van der Waals surface area contributed by atoms with Gasteiger partial charge >= 0.3 is 0 Å². The molecule has 0 heterocycles. The van der Waals surface area contributed by atoms with Gasteiger partial charge in [0.05, 0.1) is 10.7 Å². The first-order chi connectivity index (χ1) is 12.8. The Morgan fingerprint density at radius 2 is 1.67 bits per heavy atom. The SMILES string of the molecule is CC(=O)Nc1ccc(/C=C/C(=O)Nc2cc(C(=O)N(C)C)ccc2Cl)cc1. The number of carbonyl (C=O) groups is 3. The van der Waals surface area contributed by atoms with E-state index in [1.165, 1.54) is 17.9 Å². The van der Waals surface area contributed by atoms with Gasteiger partial charge in [0.15, 0.2) is 0 Å². The van der Waals surface area contributed by atoms with Gasteiger partial charge in [0.1, 0.15) is 0 Å². The van der Waals surface area contributed by atoms with Crippen LogP contribution in [0.5, 0.6) is 0 Å². The Kier molecular flexibility index (Phi) is 6.73. The van der Waals surface area contributed by atoms with Crippen LogP contribution in [0.1, 0.15) is 22.8 Å². The van der Waals surface area contributed by atoms with Crippen molar-refractivity contribution in [3.05, 3.63) is 64.7 Å². The lowest BCUT2D eigenvalue weighted by Gasteiger charge is -2.12. The van der Waals surface area contributed by atoms with E-state index in [4.69, 9.17) is 11.6 Å². The van der Waals surface area contributed by atoms with E-state index in [9.17, 15) is 14.4 Å². The minimum absolute atomic E-state index is 0.149. The van der Waals surface area contributed by atoms with E-state index in [1.54, 1.807) is 62.6 Å². The molecule has 0 aliphatic rings. The zero-order chi connectivity index (χ0) is 20.0. The Morgan fingerprint density at radius 1 is 1.00 bits per heavy atom. The summed E-state index contributed by atoms with van der Waals surface area (Å²) in [7, 11) is 3.30.